The lowest BCUT2D eigenvalue weighted by atomic mass is 10.1. The van der Waals surface area contributed by atoms with Crippen LogP contribution < -0.4 is 11.5 Å². The Balaban J connectivity index is 2.92. The van der Waals surface area contributed by atoms with Gasteiger partial charge in [-0.2, -0.15) is 0 Å². The maximum Gasteiger partial charge on any atom is 0.474 e. The van der Waals surface area contributed by atoms with E-state index in [-0.39, 0.29) is 13.2 Å². The van der Waals surface area contributed by atoms with Gasteiger partial charge in [0, 0.05) is 25.5 Å². The molecule has 0 radical (unpaired) electrons. The van der Waals surface area contributed by atoms with Crippen LogP contribution >= 0.6 is 7.82 Å². The Labute approximate surface area is 112 Å². The SMILES string of the molecule is COP(=O)(OC)OCc1ccc(N)cc1C#CCN. The maximum absolute atomic E-state index is 11.8. The highest BCUT2D eigenvalue weighted by molar-refractivity contribution is 7.48. The summed E-state index contributed by atoms with van der Waals surface area (Å²) < 4.78 is 26.3. The van der Waals surface area contributed by atoms with Gasteiger partial charge in [-0.3, -0.25) is 13.6 Å². The second-order valence-corrected chi connectivity index (χ2v) is 5.39. The van der Waals surface area contributed by atoms with Crippen molar-refractivity contribution in [3.05, 3.63) is 29.3 Å². The molecule has 0 aliphatic heterocycles. The molecule has 0 atom stereocenters. The fourth-order valence-corrected chi connectivity index (χ4v) is 1.97. The van der Waals surface area contributed by atoms with Gasteiger partial charge in [0.1, 0.15) is 0 Å². The average Bonchev–Trinajstić information content (AvgIpc) is 2.43. The molecule has 19 heavy (non-hydrogen) atoms. The van der Waals surface area contributed by atoms with Gasteiger partial charge in [0.2, 0.25) is 0 Å². The zero-order chi connectivity index (χ0) is 14.3. The predicted molar refractivity (Wildman–Crippen MR) is 73.2 cm³/mol. The second-order valence-electron chi connectivity index (χ2n) is 3.51. The molecule has 0 aromatic heterocycles. The van der Waals surface area contributed by atoms with E-state index in [4.69, 9.17) is 16.0 Å². The summed E-state index contributed by atoms with van der Waals surface area (Å²) in [4.78, 5) is 0. The van der Waals surface area contributed by atoms with E-state index in [1.807, 2.05) is 0 Å². The number of phosphoric acid groups is 1. The topological polar surface area (TPSA) is 96.8 Å². The number of rotatable bonds is 5. The van der Waals surface area contributed by atoms with E-state index < -0.39 is 7.82 Å². The lowest BCUT2D eigenvalue weighted by Gasteiger charge is -2.14. The monoisotopic (exact) mass is 284 g/mol. The van der Waals surface area contributed by atoms with Gasteiger partial charge in [0.05, 0.1) is 13.2 Å². The molecule has 0 saturated carbocycles. The quantitative estimate of drug-likeness (QED) is 0.483. The van der Waals surface area contributed by atoms with Crippen molar-refractivity contribution in [1.29, 1.82) is 0 Å². The zero-order valence-corrected chi connectivity index (χ0v) is 11.8. The molecule has 0 heterocycles. The van der Waals surface area contributed by atoms with E-state index in [0.717, 1.165) is 5.56 Å². The Morgan fingerprint density at radius 2 is 2.00 bits per heavy atom. The number of benzene rings is 1. The largest absolute Gasteiger partial charge is 0.474 e. The minimum Gasteiger partial charge on any atom is -0.399 e. The molecule has 0 saturated heterocycles. The highest BCUT2D eigenvalue weighted by Gasteiger charge is 2.22. The third-order valence-electron chi connectivity index (χ3n) is 2.28. The second kappa shape index (κ2) is 7.29. The number of nitrogens with two attached hydrogens (primary N) is 2. The molecule has 1 rings (SSSR count). The fourth-order valence-electron chi connectivity index (χ4n) is 1.31. The van der Waals surface area contributed by atoms with E-state index in [0.29, 0.717) is 11.3 Å². The summed E-state index contributed by atoms with van der Waals surface area (Å²) in [7, 11) is -1.00. The molecule has 6 nitrogen and oxygen atoms in total. The summed E-state index contributed by atoms with van der Waals surface area (Å²) in [5.41, 5.74) is 13.0. The Hall–Kier alpha value is -1.35. The highest BCUT2D eigenvalue weighted by Crippen LogP contribution is 2.48. The van der Waals surface area contributed by atoms with E-state index in [1.54, 1.807) is 18.2 Å². The summed E-state index contributed by atoms with van der Waals surface area (Å²) in [6.07, 6.45) is 0. The maximum atomic E-state index is 11.8. The Morgan fingerprint density at radius 3 is 2.58 bits per heavy atom. The lowest BCUT2D eigenvalue weighted by Crippen LogP contribution is -2.00. The highest BCUT2D eigenvalue weighted by atomic mass is 31.2. The average molecular weight is 284 g/mol. The number of hydrogen-bond acceptors (Lipinski definition) is 6. The smallest absolute Gasteiger partial charge is 0.399 e. The van der Waals surface area contributed by atoms with Crippen LogP contribution in [0.4, 0.5) is 5.69 Å². The van der Waals surface area contributed by atoms with Crippen molar-refractivity contribution in [3.8, 4) is 11.8 Å². The van der Waals surface area contributed by atoms with E-state index in [2.05, 4.69) is 20.9 Å². The first-order valence-corrected chi connectivity index (χ1v) is 6.94. The molecule has 0 aliphatic rings. The van der Waals surface area contributed by atoms with Crippen LogP contribution in [0.25, 0.3) is 0 Å². The van der Waals surface area contributed by atoms with Crippen LogP contribution in [0.5, 0.6) is 0 Å². The molecule has 104 valence electrons. The van der Waals surface area contributed by atoms with Crippen molar-refractivity contribution in [1.82, 2.24) is 0 Å². The summed E-state index contributed by atoms with van der Waals surface area (Å²) in [6.45, 7) is 0.275. The molecule has 0 bridgehead atoms. The van der Waals surface area contributed by atoms with Gasteiger partial charge < -0.3 is 11.5 Å². The molecule has 1 aromatic carbocycles. The van der Waals surface area contributed by atoms with E-state index in [9.17, 15) is 4.57 Å². The first-order chi connectivity index (χ1) is 9.04. The van der Waals surface area contributed by atoms with Crippen LogP contribution in [0.2, 0.25) is 0 Å². The summed E-state index contributed by atoms with van der Waals surface area (Å²) in [5, 5.41) is 0. The predicted octanol–water partition coefficient (Wildman–Crippen LogP) is 1.50. The molecule has 0 unspecified atom stereocenters. The third-order valence-corrected chi connectivity index (χ3v) is 3.62. The van der Waals surface area contributed by atoms with Gasteiger partial charge in [-0.05, 0) is 17.7 Å². The van der Waals surface area contributed by atoms with Crippen LogP contribution in [-0.4, -0.2) is 20.8 Å². The van der Waals surface area contributed by atoms with Crippen molar-refractivity contribution in [3.63, 3.8) is 0 Å². The third kappa shape index (κ3) is 4.67. The Morgan fingerprint density at radius 1 is 1.32 bits per heavy atom. The fraction of sp³-hybridized carbons (Fsp3) is 0.333. The standard InChI is InChI=1S/C12H17N2O4P/c1-16-19(15,17-2)18-9-11-5-6-12(14)8-10(11)4-3-7-13/h5-6,8H,7,9,13-14H2,1-2H3. The molecular weight excluding hydrogens is 267 g/mol. The van der Waals surface area contributed by atoms with Crippen LogP contribution in [0, 0.1) is 11.8 Å². The Bertz CT molecular complexity index is 528. The molecule has 0 fully saturated rings. The van der Waals surface area contributed by atoms with Crippen molar-refractivity contribution >= 4 is 13.5 Å². The van der Waals surface area contributed by atoms with Crippen molar-refractivity contribution in [2.45, 2.75) is 6.61 Å². The van der Waals surface area contributed by atoms with Gasteiger partial charge in [-0.25, -0.2) is 4.57 Å². The summed E-state index contributed by atoms with van der Waals surface area (Å²) >= 11 is 0. The molecule has 0 aliphatic carbocycles. The summed E-state index contributed by atoms with van der Waals surface area (Å²) in [6, 6.07) is 5.15. The molecular formula is C12H17N2O4P. The number of phosphoric ester groups is 1. The number of hydrogen-bond donors (Lipinski definition) is 2. The minimum absolute atomic E-state index is 0.0355. The number of nitrogen functional groups attached to an aromatic ring is 1. The van der Waals surface area contributed by atoms with Gasteiger partial charge in [0.15, 0.2) is 0 Å². The van der Waals surface area contributed by atoms with Gasteiger partial charge in [-0.15, -0.1) is 0 Å². The lowest BCUT2D eigenvalue weighted by molar-refractivity contribution is 0.145. The van der Waals surface area contributed by atoms with Crippen molar-refractivity contribution in [2.24, 2.45) is 5.73 Å². The van der Waals surface area contributed by atoms with Crippen molar-refractivity contribution < 1.29 is 18.1 Å². The van der Waals surface area contributed by atoms with Crippen LogP contribution in [0.15, 0.2) is 18.2 Å². The normalized spacial score (nSPS) is 10.9. The Kier molecular flexibility index (Phi) is 6.03. The summed E-state index contributed by atoms with van der Waals surface area (Å²) in [5.74, 6) is 5.61. The molecule has 7 heteroatoms. The van der Waals surface area contributed by atoms with Crippen LogP contribution in [0.3, 0.4) is 0 Å². The number of anilines is 1. The van der Waals surface area contributed by atoms with Gasteiger partial charge >= 0.3 is 7.82 Å². The van der Waals surface area contributed by atoms with Gasteiger partial charge in [0.25, 0.3) is 0 Å². The van der Waals surface area contributed by atoms with Crippen molar-refractivity contribution in [2.75, 3.05) is 26.5 Å². The first-order valence-electron chi connectivity index (χ1n) is 5.48. The van der Waals surface area contributed by atoms with Gasteiger partial charge in [-0.1, -0.05) is 17.9 Å². The molecule has 0 spiro atoms. The molecule has 1 aromatic rings. The molecule has 4 N–H and O–H groups in total. The van der Waals surface area contributed by atoms with E-state index in [1.165, 1.54) is 14.2 Å². The molecule has 0 amide bonds. The van der Waals surface area contributed by atoms with E-state index >= 15 is 0 Å². The van der Waals surface area contributed by atoms with Crippen LogP contribution in [0.1, 0.15) is 11.1 Å². The first kappa shape index (κ1) is 15.7. The van der Waals surface area contributed by atoms with Crippen LogP contribution in [-0.2, 0) is 24.7 Å². The minimum atomic E-state index is -3.51. The zero-order valence-electron chi connectivity index (χ0n) is 10.9.